The van der Waals surface area contributed by atoms with Crippen LogP contribution in [0, 0.1) is 5.92 Å². The molecule has 1 fully saturated rings. The number of rotatable bonds is 3. The number of pyridine rings is 1. The zero-order valence-electron chi connectivity index (χ0n) is 9.60. The van der Waals surface area contributed by atoms with Gasteiger partial charge in [-0.3, -0.25) is 4.79 Å². The fraction of sp³-hybridized carbons (Fsp3) is 0.500. The minimum absolute atomic E-state index is 0.0562. The molecule has 0 saturated carbocycles. The lowest BCUT2D eigenvalue weighted by Gasteiger charge is -2.27. The molecule has 5 heteroatoms. The Hall–Kier alpha value is -1.62. The van der Waals surface area contributed by atoms with E-state index in [-0.39, 0.29) is 17.9 Å². The maximum absolute atomic E-state index is 11.4. The van der Waals surface area contributed by atoms with Crippen molar-refractivity contribution in [2.75, 3.05) is 6.61 Å². The number of carboxylic acid groups (broad SMARTS) is 1. The minimum Gasteiger partial charge on any atom is -0.479 e. The van der Waals surface area contributed by atoms with Gasteiger partial charge in [0, 0.05) is 25.3 Å². The van der Waals surface area contributed by atoms with Crippen molar-refractivity contribution in [3.05, 3.63) is 34.2 Å². The van der Waals surface area contributed by atoms with Crippen LogP contribution in [0.1, 0.15) is 18.9 Å². The summed E-state index contributed by atoms with van der Waals surface area (Å²) in [6.07, 6.45) is 2.48. The van der Waals surface area contributed by atoms with Gasteiger partial charge in [0.25, 0.3) is 0 Å². The van der Waals surface area contributed by atoms with Gasteiger partial charge in [0.1, 0.15) is 0 Å². The summed E-state index contributed by atoms with van der Waals surface area (Å²) in [4.78, 5) is 25.1. The van der Waals surface area contributed by atoms with Gasteiger partial charge in [-0.1, -0.05) is 6.92 Å². The number of carboxylic acids is 1. The van der Waals surface area contributed by atoms with Crippen LogP contribution >= 0.6 is 0 Å². The molecule has 1 aliphatic heterocycles. The average Bonchev–Trinajstić information content (AvgIpc) is 2.61. The molecule has 1 saturated heterocycles. The molecule has 17 heavy (non-hydrogen) atoms. The Balaban J connectivity index is 2.31. The summed E-state index contributed by atoms with van der Waals surface area (Å²) in [5, 5.41) is 9.35. The SMILES string of the molecule is CC1CCOC1(Cc1cc[nH]c(=O)c1)C(=O)O. The van der Waals surface area contributed by atoms with Crippen LogP contribution in [0.2, 0.25) is 0 Å². The van der Waals surface area contributed by atoms with E-state index in [4.69, 9.17) is 4.74 Å². The van der Waals surface area contributed by atoms with Crippen molar-refractivity contribution in [1.82, 2.24) is 4.98 Å². The topological polar surface area (TPSA) is 79.4 Å². The number of aliphatic carboxylic acids is 1. The van der Waals surface area contributed by atoms with Crippen LogP contribution in [-0.4, -0.2) is 28.3 Å². The molecule has 0 aromatic carbocycles. The fourth-order valence-electron chi connectivity index (χ4n) is 2.27. The summed E-state index contributed by atoms with van der Waals surface area (Å²) in [5.41, 5.74) is -0.730. The number of ether oxygens (including phenoxy) is 1. The van der Waals surface area contributed by atoms with Crippen LogP contribution in [0.3, 0.4) is 0 Å². The Morgan fingerprint density at radius 3 is 3.00 bits per heavy atom. The molecule has 0 amide bonds. The van der Waals surface area contributed by atoms with Gasteiger partial charge in [0.2, 0.25) is 5.56 Å². The van der Waals surface area contributed by atoms with E-state index in [0.717, 1.165) is 6.42 Å². The molecule has 2 unspecified atom stereocenters. The summed E-state index contributed by atoms with van der Waals surface area (Å²) in [7, 11) is 0. The van der Waals surface area contributed by atoms with E-state index >= 15 is 0 Å². The van der Waals surface area contributed by atoms with Crippen molar-refractivity contribution in [2.45, 2.75) is 25.4 Å². The van der Waals surface area contributed by atoms with Gasteiger partial charge in [0.05, 0.1) is 0 Å². The first-order valence-electron chi connectivity index (χ1n) is 5.59. The molecule has 5 nitrogen and oxygen atoms in total. The molecule has 0 bridgehead atoms. The number of H-pyrrole nitrogens is 1. The summed E-state index contributed by atoms with van der Waals surface area (Å²) >= 11 is 0. The van der Waals surface area contributed by atoms with Crippen LogP contribution in [0.25, 0.3) is 0 Å². The second kappa shape index (κ2) is 4.33. The Morgan fingerprint density at radius 2 is 2.47 bits per heavy atom. The molecular formula is C12H15NO4. The number of aromatic amines is 1. The van der Waals surface area contributed by atoms with Crippen molar-refractivity contribution in [1.29, 1.82) is 0 Å². The summed E-state index contributed by atoms with van der Waals surface area (Å²) in [6, 6.07) is 3.12. The molecule has 0 radical (unpaired) electrons. The standard InChI is InChI=1S/C12H15NO4/c1-8-3-5-17-12(8,11(15)16)7-9-2-4-13-10(14)6-9/h2,4,6,8H,3,5,7H2,1H3,(H,13,14)(H,15,16). The predicted molar refractivity (Wildman–Crippen MR) is 60.9 cm³/mol. The lowest BCUT2D eigenvalue weighted by atomic mass is 9.83. The van der Waals surface area contributed by atoms with Crippen LogP contribution in [0.15, 0.2) is 23.1 Å². The molecule has 2 heterocycles. The molecule has 2 rings (SSSR count). The number of hydrogen-bond donors (Lipinski definition) is 2. The molecule has 1 aromatic heterocycles. The molecule has 2 atom stereocenters. The van der Waals surface area contributed by atoms with Crippen LogP contribution < -0.4 is 5.56 Å². The van der Waals surface area contributed by atoms with Crippen LogP contribution in [0.5, 0.6) is 0 Å². The normalized spacial score (nSPS) is 28.2. The highest BCUT2D eigenvalue weighted by Crippen LogP contribution is 2.35. The number of aromatic nitrogens is 1. The third-order valence-corrected chi connectivity index (χ3v) is 3.37. The van der Waals surface area contributed by atoms with E-state index in [0.29, 0.717) is 12.2 Å². The van der Waals surface area contributed by atoms with Gasteiger partial charge in [-0.2, -0.15) is 0 Å². The van der Waals surface area contributed by atoms with Crippen molar-refractivity contribution in [2.24, 2.45) is 5.92 Å². The monoisotopic (exact) mass is 237 g/mol. The van der Waals surface area contributed by atoms with E-state index < -0.39 is 11.6 Å². The highest BCUT2D eigenvalue weighted by atomic mass is 16.5. The first kappa shape index (κ1) is 11.9. The highest BCUT2D eigenvalue weighted by Gasteiger charge is 2.48. The molecule has 1 aliphatic rings. The Morgan fingerprint density at radius 1 is 1.71 bits per heavy atom. The van der Waals surface area contributed by atoms with E-state index in [9.17, 15) is 14.7 Å². The maximum Gasteiger partial charge on any atom is 0.336 e. The van der Waals surface area contributed by atoms with Gasteiger partial charge in [-0.25, -0.2) is 4.79 Å². The molecular weight excluding hydrogens is 222 g/mol. The lowest BCUT2D eigenvalue weighted by molar-refractivity contribution is -0.163. The van der Waals surface area contributed by atoms with Crippen LogP contribution in [0.4, 0.5) is 0 Å². The second-order valence-electron chi connectivity index (χ2n) is 4.47. The largest absolute Gasteiger partial charge is 0.479 e. The van der Waals surface area contributed by atoms with Gasteiger partial charge in [-0.15, -0.1) is 0 Å². The first-order chi connectivity index (χ1) is 8.04. The first-order valence-corrected chi connectivity index (χ1v) is 5.59. The van der Waals surface area contributed by atoms with E-state index in [1.54, 1.807) is 6.07 Å². The van der Waals surface area contributed by atoms with Gasteiger partial charge < -0.3 is 14.8 Å². The average molecular weight is 237 g/mol. The number of nitrogens with one attached hydrogen (secondary N) is 1. The van der Waals surface area contributed by atoms with E-state index in [1.165, 1.54) is 12.3 Å². The second-order valence-corrected chi connectivity index (χ2v) is 4.47. The Labute approximate surface area is 98.4 Å². The molecule has 0 aliphatic carbocycles. The summed E-state index contributed by atoms with van der Waals surface area (Å²) < 4.78 is 5.45. The van der Waals surface area contributed by atoms with Crippen LogP contribution in [-0.2, 0) is 16.0 Å². The Kier molecular flexibility index (Phi) is 3.02. The summed E-state index contributed by atoms with van der Waals surface area (Å²) in [5.74, 6) is -1.01. The van der Waals surface area contributed by atoms with E-state index in [2.05, 4.69) is 4.98 Å². The number of carbonyl (C=O) groups is 1. The fourth-order valence-corrected chi connectivity index (χ4v) is 2.27. The molecule has 92 valence electrons. The quantitative estimate of drug-likeness (QED) is 0.814. The van der Waals surface area contributed by atoms with Gasteiger partial charge in [-0.05, 0) is 24.0 Å². The highest BCUT2D eigenvalue weighted by molar-refractivity contribution is 5.78. The zero-order valence-corrected chi connectivity index (χ0v) is 9.60. The zero-order chi connectivity index (χ0) is 12.5. The molecule has 1 aromatic rings. The Bertz CT molecular complexity index is 481. The van der Waals surface area contributed by atoms with Crippen molar-refractivity contribution in [3.63, 3.8) is 0 Å². The van der Waals surface area contributed by atoms with Crippen molar-refractivity contribution < 1.29 is 14.6 Å². The molecule has 2 N–H and O–H groups in total. The van der Waals surface area contributed by atoms with Crippen molar-refractivity contribution in [3.8, 4) is 0 Å². The number of hydrogen-bond acceptors (Lipinski definition) is 3. The van der Waals surface area contributed by atoms with Crippen molar-refractivity contribution >= 4 is 5.97 Å². The third kappa shape index (κ3) is 2.10. The predicted octanol–water partition coefficient (Wildman–Crippen LogP) is 0.797. The summed E-state index contributed by atoms with van der Waals surface area (Å²) in [6.45, 7) is 2.32. The smallest absolute Gasteiger partial charge is 0.336 e. The minimum atomic E-state index is -1.19. The van der Waals surface area contributed by atoms with Gasteiger partial charge in [0.15, 0.2) is 5.60 Å². The maximum atomic E-state index is 11.4. The lowest BCUT2D eigenvalue weighted by Crippen LogP contribution is -2.45. The van der Waals surface area contributed by atoms with E-state index in [1.807, 2.05) is 6.92 Å². The molecule has 0 spiro atoms. The van der Waals surface area contributed by atoms with Gasteiger partial charge >= 0.3 is 5.97 Å². The third-order valence-electron chi connectivity index (χ3n) is 3.37.